The van der Waals surface area contributed by atoms with E-state index >= 15 is 0 Å². The molecule has 1 aliphatic heterocycles. The SMILES string of the molecule is CCOc1cccc(S(=O)(=O)N2CCCCC2CNC(=O)CCN)c1.Cl. The molecule has 3 N–H and O–H groups in total. The third-order valence-corrected chi connectivity index (χ3v) is 6.15. The fourth-order valence-electron chi connectivity index (χ4n) is 2.97. The lowest BCUT2D eigenvalue weighted by molar-refractivity contribution is -0.121. The van der Waals surface area contributed by atoms with Crippen molar-refractivity contribution in [1.82, 2.24) is 9.62 Å². The second-order valence-electron chi connectivity index (χ2n) is 6.02. The van der Waals surface area contributed by atoms with Gasteiger partial charge in [-0.25, -0.2) is 8.42 Å². The van der Waals surface area contributed by atoms with Crippen LogP contribution in [0.1, 0.15) is 32.6 Å². The van der Waals surface area contributed by atoms with Crippen LogP contribution in [0.5, 0.6) is 5.75 Å². The van der Waals surface area contributed by atoms with Gasteiger partial charge in [-0.05, 0) is 31.9 Å². The molecular weight excluding hydrogens is 378 g/mol. The van der Waals surface area contributed by atoms with E-state index in [-0.39, 0.29) is 42.2 Å². The Kier molecular flexibility index (Phi) is 9.35. The molecule has 1 fully saturated rings. The first-order chi connectivity index (χ1) is 12.0. The maximum atomic E-state index is 13.1. The van der Waals surface area contributed by atoms with Gasteiger partial charge in [0.2, 0.25) is 15.9 Å². The highest BCUT2D eigenvalue weighted by Gasteiger charge is 2.33. The molecular formula is C17H28ClN3O4S. The van der Waals surface area contributed by atoms with E-state index in [1.165, 1.54) is 4.31 Å². The number of carbonyl (C=O) groups excluding carboxylic acids is 1. The van der Waals surface area contributed by atoms with Crippen molar-refractivity contribution in [3.05, 3.63) is 24.3 Å². The summed E-state index contributed by atoms with van der Waals surface area (Å²) < 4.78 is 33.0. The van der Waals surface area contributed by atoms with Crippen LogP contribution in [0, 0.1) is 0 Å². The second kappa shape index (κ2) is 10.7. The molecule has 1 atom stereocenters. The quantitative estimate of drug-likeness (QED) is 0.682. The van der Waals surface area contributed by atoms with Crippen molar-refractivity contribution in [2.24, 2.45) is 5.73 Å². The van der Waals surface area contributed by atoms with Crippen LogP contribution < -0.4 is 15.8 Å². The van der Waals surface area contributed by atoms with E-state index < -0.39 is 10.0 Å². The first kappa shape index (κ1) is 22.7. The third-order valence-electron chi connectivity index (χ3n) is 4.20. The summed E-state index contributed by atoms with van der Waals surface area (Å²) in [7, 11) is -3.63. The molecule has 1 unspecified atom stereocenters. The van der Waals surface area contributed by atoms with Crippen LogP contribution in [-0.2, 0) is 14.8 Å². The van der Waals surface area contributed by atoms with Gasteiger partial charge in [-0.3, -0.25) is 4.79 Å². The Morgan fingerprint density at radius 2 is 2.15 bits per heavy atom. The zero-order valence-corrected chi connectivity index (χ0v) is 16.7. The molecule has 2 rings (SSSR count). The summed E-state index contributed by atoms with van der Waals surface area (Å²) >= 11 is 0. The number of piperidine rings is 1. The number of benzene rings is 1. The first-order valence-electron chi connectivity index (χ1n) is 8.70. The predicted octanol–water partition coefficient (Wildman–Crippen LogP) is 1.52. The summed E-state index contributed by atoms with van der Waals surface area (Å²) in [6.07, 6.45) is 2.74. The standard InChI is InChI=1S/C17H27N3O4S.ClH/c1-2-24-15-7-5-8-16(12-15)25(22,23)20-11-4-3-6-14(20)13-19-17(21)9-10-18;/h5,7-8,12,14H,2-4,6,9-11,13,18H2,1H3,(H,19,21);1H. The number of ether oxygens (including phenoxy) is 1. The van der Waals surface area contributed by atoms with Crippen molar-refractivity contribution in [3.63, 3.8) is 0 Å². The van der Waals surface area contributed by atoms with Crippen molar-refractivity contribution in [2.45, 2.75) is 43.5 Å². The van der Waals surface area contributed by atoms with E-state index in [0.717, 1.165) is 19.3 Å². The molecule has 1 amide bonds. The largest absolute Gasteiger partial charge is 0.494 e. The molecule has 1 aromatic carbocycles. The summed E-state index contributed by atoms with van der Waals surface area (Å²) in [5, 5.41) is 2.79. The molecule has 0 aliphatic carbocycles. The third kappa shape index (κ3) is 5.84. The maximum Gasteiger partial charge on any atom is 0.243 e. The Morgan fingerprint density at radius 1 is 1.38 bits per heavy atom. The molecule has 7 nitrogen and oxygen atoms in total. The number of sulfonamides is 1. The first-order valence-corrected chi connectivity index (χ1v) is 10.1. The van der Waals surface area contributed by atoms with E-state index in [9.17, 15) is 13.2 Å². The van der Waals surface area contributed by atoms with Crippen LogP contribution in [0.4, 0.5) is 0 Å². The van der Waals surface area contributed by atoms with E-state index in [4.69, 9.17) is 10.5 Å². The molecule has 26 heavy (non-hydrogen) atoms. The Bertz CT molecular complexity index is 684. The fourth-order valence-corrected chi connectivity index (χ4v) is 4.70. The molecule has 0 spiro atoms. The summed E-state index contributed by atoms with van der Waals surface area (Å²) in [5.41, 5.74) is 5.37. The molecule has 0 saturated carbocycles. The van der Waals surface area contributed by atoms with E-state index in [1.807, 2.05) is 6.92 Å². The zero-order valence-electron chi connectivity index (χ0n) is 15.0. The van der Waals surface area contributed by atoms with Crippen LogP contribution in [0.25, 0.3) is 0 Å². The van der Waals surface area contributed by atoms with Gasteiger partial charge in [0.05, 0.1) is 11.5 Å². The minimum atomic E-state index is -3.63. The van der Waals surface area contributed by atoms with Crippen LogP contribution in [-0.4, -0.2) is 50.9 Å². The molecule has 1 aromatic rings. The number of carbonyl (C=O) groups is 1. The van der Waals surface area contributed by atoms with Gasteiger partial charge >= 0.3 is 0 Å². The van der Waals surface area contributed by atoms with Crippen LogP contribution in [0.15, 0.2) is 29.2 Å². The number of nitrogens with two attached hydrogens (primary N) is 1. The molecule has 148 valence electrons. The number of hydrogen-bond acceptors (Lipinski definition) is 5. The normalized spacial score (nSPS) is 18.0. The number of nitrogens with zero attached hydrogens (tertiary/aromatic N) is 1. The Morgan fingerprint density at radius 3 is 2.85 bits per heavy atom. The number of halogens is 1. The second-order valence-corrected chi connectivity index (χ2v) is 7.91. The molecule has 0 aromatic heterocycles. The van der Waals surface area contributed by atoms with Gasteiger partial charge in [0.1, 0.15) is 5.75 Å². The van der Waals surface area contributed by atoms with Crippen LogP contribution >= 0.6 is 12.4 Å². The number of rotatable bonds is 8. The summed E-state index contributed by atoms with van der Waals surface area (Å²) in [6, 6.07) is 6.31. The molecule has 1 heterocycles. The van der Waals surface area contributed by atoms with Gasteiger partial charge in [0.25, 0.3) is 0 Å². The van der Waals surface area contributed by atoms with E-state index in [2.05, 4.69) is 5.32 Å². The summed E-state index contributed by atoms with van der Waals surface area (Å²) in [5.74, 6) is 0.386. The Hall–Kier alpha value is -1.35. The zero-order chi connectivity index (χ0) is 18.3. The molecule has 9 heteroatoms. The highest BCUT2D eigenvalue weighted by Crippen LogP contribution is 2.27. The monoisotopic (exact) mass is 405 g/mol. The van der Waals surface area contributed by atoms with Crippen molar-refractivity contribution in [1.29, 1.82) is 0 Å². The highest BCUT2D eigenvalue weighted by atomic mass is 35.5. The van der Waals surface area contributed by atoms with E-state index in [1.54, 1.807) is 24.3 Å². The minimum Gasteiger partial charge on any atom is -0.494 e. The molecule has 0 radical (unpaired) electrons. The van der Waals surface area contributed by atoms with Gasteiger partial charge in [-0.15, -0.1) is 12.4 Å². The van der Waals surface area contributed by atoms with Gasteiger partial charge in [-0.1, -0.05) is 12.5 Å². The number of hydrogen-bond donors (Lipinski definition) is 2. The van der Waals surface area contributed by atoms with Crippen molar-refractivity contribution >= 4 is 28.3 Å². The highest BCUT2D eigenvalue weighted by molar-refractivity contribution is 7.89. The van der Waals surface area contributed by atoms with Crippen LogP contribution in [0.3, 0.4) is 0 Å². The van der Waals surface area contributed by atoms with Crippen LogP contribution in [0.2, 0.25) is 0 Å². The summed E-state index contributed by atoms with van der Waals surface area (Å²) in [4.78, 5) is 11.9. The van der Waals surface area contributed by atoms with Crippen molar-refractivity contribution in [3.8, 4) is 5.75 Å². The average Bonchev–Trinajstić information content (AvgIpc) is 2.61. The minimum absolute atomic E-state index is 0. The predicted molar refractivity (Wildman–Crippen MR) is 103 cm³/mol. The summed E-state index contributed by atoms with van der Waals surface area (Å²) in [6.45, 7) is 3.37. The average molecular weight is 406 g/mol. The number of nitrogens with one attached hydrogen (secondary N) is 1. The Labute approximate surface area is 161 Å². The van der Waals surface area contributed by atoms with Gasteiger partial charge in [-0.2, -0.15) is 4.31 Å². The van der Waals surface area contributed by atoms with Gasteiger partial charge < -0.3 is 15.8 Å². The molecule has 1 saturated heterocycles. The van der Waals surface area contributed by atoms with Crippen molar-refractivity contribution in [2.75, 3.05) is 26.2 Å². The van der Waals surface area contributed by atoms with Crippen molar-refractivity contribution < 1.29 is 17.9 Å². The molecule has 0 bridgehead atoms. The lowest BCUT2D eigenvalue weighted by atomic mass is 10.1. The van der Waals surface area contributed by atoms with Gasteiger partial charge in [0.15, 0.2) is 0 Å². The Balaban J connectivity index is 0.00000338. The van der Waals surface area contributed by atoms with E-state index in [0.29, 0.717) is 25.4 Å². The topological polar surface area (TPSA) is 102 Å². The lowest BCUT2D eigenvalue weighted by Gasteiger charge is -2.34. The van der Waals surface area contributed by atoms with Gasteiger partial charge in [0, 0.05) is 38.2 Å². The lowest BCUT2D eigenvalue weighted by Crippen LogP contribution is -2.49. The smallest absolute Gasteiger partial charge is 0.243 e. The fraction of sp³-hybridized carbons (Fsp3) is 0.588. The molecule has 1 aliphatic rings. The number of amides is 1. The maximum absolute atomic E-state index is 13.1.